The largest absolute Gasteiger partial charge is 0.462 e. The third-order valence-corrected chi connectivity index (χ3v) is 7.43. The number of thioether (sulfide) groups is 1. The fourth-order valence-corrected chi connectivity index (χ4v) is 5.22. The zero-order valence-corrected chi connectivity index (χ0v) is 19.9. The van der Waals surface area contributed by atoms with Gasteiger partial charge < -0.3 is 9.64 Å². The van der Waals surface area contributed by atoms with E-state index in [2.05, 4.69) is 4.72 Å². The minimum absolute atomic E-state index is 0.0166. The minimum atomic E-state index is -3.92. The van der Waals surface area contributed by atoms with Gasteiger partial charge in [0.2, 0.25) is 0 Å². The highest BCUT2D eigenvalue weighted by atomic mass is 32.2. The average molecular weight is 477 g/mol. The van der Waals surface area contributed by atoms with Crippen LogP contribution in [0, 0.1) is 0 Å². The maximum atomic E-state index is 13.2. The number of amides is 1. The van der Waals surface area contributed by atoms with E-state index in [4.69, 9.17) is 4.74 Å². The van der Waals surface area contributed by atoms with Gasteiger partial charge in [0.15, 0.2) is 0 Å². The molecule has 1 heterocycles. The number of anilines is 1. The molecule has 1 amide bonds. The van der Waals surface area contributed by atoms with Crippen molar-refractivity contribution >= 4 is 39.3 Å². The van der Waals surface area contributed by atoms with Crippen LogP contribution in [0.2, 0.25) is 0 Å². The molecule has 3 rings (SSSR count). The number of rotatable bonds is 7. The van der Waals surface area contributed by atoms with Crippen molar-refractivity contribution in [2.75, 3.05) is 30.7 Å². The highest BCUT2D eigenvalue weighted by Gasteiger charge is 2.23. The third kappa shape index (κ3) is 5.83. The number of hydrogen-bond donors (Lipinski definition) is 1. The Bertz CT molecular complexity index is 1060. The Balaban J connectivity index is 1.84. The molecule has 2 aromatic carbocycles. The molecule has 1 N–H and O–H groups in total. The fourth-order valence-electron chi connectivity index (χ4n) is 3.57. The van der Waals surface area contributed by atoms with Crippen molar-refractivity contribution in [3.8, 4) is 0 Å². The van der Waals surface area contributed by atoms with Gasteiger partial charge in [0.05, 0.1) is 22.6 Å². The summed E-state index contributed by atoms with van der Waals surface area (Å²) in [6.45, 7) is 3.36. The number of benzene rings is 2. The summed E-state index contributed by atoms with van der Waals surface area (Å²) in [6.07, 6.45) is 5.99. The van der Waals surface area contributed by atoms with Crippen LogP contribution in [0.5, 0.6) is 0 Å². The lowest BCUT2D eigenvalue weighted by molar-refractivity contribution is 0.0526. The second-order valence-corrected chi connectivity index (χ2v) is 10.0. The highest BCUT2D eigenvalue weighted by molar-refractivity contribution is 7.98. The van der Waals surface area contributed by atoms with Crippen LogP contribution in [0.4, 0.5) is 5.69 Å². The number of carbonyl (C=O) groups excluding carboxylic acids is 2. The monoisotopic (exact) mass is 476 g/mol. The Kier molecular flexibility index (Phi) is 8.20. The topological polar surface area (TPSA) is 92.8 Å². The molecular formula is C23H28N2O5S2. The van der Waals surface area contributed by atoms with Gasteiger partial charge in [0.25, 0.3) is 15.9 Å². The molecule has 1 saturated heterocycles. The molecule has 1 fully saturated rings. The first-order valence-corrected chi connectivity index (χ1v) is 13.3. The molecule has 32 heavy (non-hydrogen) atoms. The van der Waals surface area contributed by atoms with Crippen LogP contribution < -0.4 is 4.72 Å². The molecule has 0 atom stereocenters. The number of esters is 1. The second-order valence-electron chi connectivity index (χ2n) is 7.47. The van der Waals surface area contributed by atoms with Crippen LogP contribution in [0.25, 0.3) is 0 Å². The molecule has 0 radical (unpaired) electrons. The Labute approximate surface area is 193 Å². The van der Waals surface area contributed by atoms with E-state index in [1.54, 1.807) is 13.0 Å². The van der Waals surface area contributed by atoms with E-state index in [0.29, 0.717) is 29.9 Å². The summed E-state index contributed by atoms with van der Waals surface area (Å²) in [5, 5.41) is 0. The van der Waals surface area contributed by atoms with E-state index in [1.165, 1.54) is 48.2 Å². The van der Waals surface area contributed by atoms with Crippen LogP contribution in [0.1, 0.15) is 53.3 Å². The highest BCUT2D eigenvalue weighted by Crippen LogP contribution is 2.27. The van der Waals surface area contributed by atoms with E-state index in [9.17, 15) is 18.0 Å². The predicted octanol–water partition coefficient (Wildman–Crippen LogP) is 4.40. The summed E-state index contributed by atoms with van der Waals surface area (Å²) >= 11 is 1.42. The van der Waals surface area contributed by atoms with Crippen molar-refractivity contribution < 1.29 is 22.7 Å². The molecular weight excluding hydrogens is 448 g/mol. The van der Waals surface area contributed by atoms with Crippen LogP contribution in [-0.4, -0.2) is 51.1 Å². The molecule has 0 spiro atoms. The minimum Gasteiger partial charge on any atom is -0.462 e. The SMILES string of the molecule is CCOC(=O)c1ccc(NS(=O)(=O)c2ccc(SC)c(C(=O)N3CCCCCC3)c2)cc1. The van der Waals surface area contributed by atoms with Gasteiger partial charge in [-0.3, -0.25) is 9.52 Å². The van der Waals surface area contributed by atoms with Gasteiger partial charge in [-0.1, -0.05) is 12.8 Å². The molecule has 7 nitrogen and oxygen atoms in total. The van der Waals surface area contributed by atoms with Crippen LogP contribution in [0.15, 0.2) is 52.3 Å². The number of hydrogen-bond acceptors (Lipinski definition) is 6. The number of sulfonamides is 1. The van der Waals surface area contributed by atoms with Crippen molar-refractivity contribution in [1.82, 2.24) is 4.90 Å². The molecule has 0 bridgehead atoms. The van der Waals surface area contributed by atoms with Crippen molar-refractivity contribution in [3.05, 3.63) is 53.6 Å². The molecule has 172 valence electrons. The average Bonchev–Trinajstić information content (AvgIpc) is 3.08. The van der Waals surface area contributed by atoms with Gasteiger partial charge >= 0.3 is 5.97 Å². The quantitative estimate of drug-likeness (QED) is 0.470. The van der Waals surface area contributed by atoms with Crippen molar-refractivity contribution in [3.63, 3.8) is 0 Å². The van der Waals surface area contributed by atoms with Crippen molar-refractivity contribution in [2.45, 2.75) is 42.4 Å². The lowest BCUT2D eigenvalue weighted by Crippen LogP contribution is -2.32. The summed E-state index contributed by atoms with van der Waals surface area (Å²) in [6, 6.07) is 10.6. The van der Waals surface area contributed by atoms with Gasteiger partial charge in [-0.2, -0.15) is 0 Å². The van der Waals surface area contributed by atoms with E-state index in [0.717, 1.165) is 30.6 Å². The molecule has 9 heteroatoms. The summed E-state index contributed by atoms with van der Waals surface area (Å²) < 4.78 is 33.4. The van der Waals surface area contributed by atoms with Crippen molar-refractivity contribution in [1.29, 1.82) is 0 Å². The maximum absolute atomic E-state index is 13.2. The lowest BCUT2D eigenvalue weighted by atomic mass is 10.2. The molecule has 2 aromatic rings. The number of ether oxygens (including phenoxy) is 1. The van der Waals surface area contributed by atoms with Crippen LogP contribution in [-0.2, 0) is 14.8 Å². The van der Waals surface area contributed by atoms with E-state index in [1.807, 2.05) is 11.2 Å². The molecule has 1 aliphatic rings. The summed E-state index contributed by atoms with van der Waals surface area (Å²) in [5.41, 5.74) is 1.05. The zero-order valence-electron chi connectivity index (χ0n) is 18.3. The Morgan fingerprint density at radius 2 is 1.69 bits per heavy atom. The molecule has 1 aliphatic heterocycles. The standard InChI is InChI=1S/C23H28N2O5S2/c1-3-30-23(27)17-8-10-18(11-9-17)24-32(28,29)19-12-13-21(31-2)20(16-19)22(26)25-14-6-4-5-7-15-25/h8-13,16,24H,3-7,14-15H2,1-2H3. The Morgan fingerprint density at radius 1 is 1.03 bits per heavy atom. The number of carbonyl (C=O) groups is 2. The van der Waals surface area contributed by atoms with Crippen LogP contribution >= 0.6 is 11.8 Å². The lowest BCUT2D eigenvalue weighted by Gasteiger charge is -2.22. The smallest absolute Gasteiger partial charge is 0.338 e. The number of likely N-dealkylation sites (tertiary alicyclic amines) is 1. The van der Waals surface area contributed by atoms with Gasteiger partial charge in [0.1, 0.15) is 0 Å². The second kappa shape index (κ2) is 10.9. The maximum Gasteiger partial charge on any atom is 0.338 e. The molecule has 0 unspecified atom stereocenters. The summed E-state index contributed by atoms with van der Waals surface area (Å²) in [7, 11) is -3.92. The van der Waals surface area contributed by atoms with E-state index in [-0.39, 0.29) is 17.4 Å². The van der Waals surface area contributed by atoms with Gasteiger partial charge in [0, 0.05) is 23.7 Å². The zero-order chi connectivity index (χ0) is 23.1. The van der Waals surface area contributed by atoms with Gasteiger partial charge in [-0.05, 0) is 68.5 Å². The molecule has 0 aromatic heterocycles. The predicted molar refractivity (Wildman–Crippen MR) is 126 cm³/mol. The van der Waals surface area contributed by atoms with Crippen LogP contribution in [0.3, 0.4) is 0 Å². The Hall–Kier alpha value is -2.52. The van der Waals surface area contributed by atoms with Crippen molar-refractivity contribution in [2.24, 2.45) is 0 Å². The molecule has 0 saturated carbocycles. The number of nitrogens with zero attached hydrogens (tertiary/aromatic N) is 1. The number of nitrogens with one attached hydrogen (secondary N) is 1. The Morgan fingerprint density at radius 3 is 2.28 bits per heavy atom. The molecule has 0 aliphatic carbocycles. The first-order chi connectivity index (χ1) is 15.4. The fraction of sp³-hybridized carbons (Fsp3) is 0.391. The first-order valence-electron chi connectivity index (χ1n) is 10.6. The van der Waals surface area contributed by atoms with Gasteiger partial charge in [-0.25, -0.2) is 13.2 Å². The normalized spacial score (nSPS) is 14.5. The summed E-state index contributed by atoms with van der Waals surface area (Å²) in [5.74, 6) is -0.599. The van der Waals surface area contributed by atoms with Gasteiger partial charge in [-0.15, -0.1) is 11.8 Å². The van der Waals surface area contributed by atoms with E-state index < -0.39 is 16.0 Å². The van der Waals surface area contributed by atoms with E-state index >= 15 is 0 Å². The third-order valence-electron chi connectivity index (χ3n) is 5.25. The first kappa shape index (κ1) is 24.1. The summed E-state index contributed by atoms with van der Waals surface area (Å²) in [4.78, 5) is 27.5.